The molecular formula is C18H33N3. The fraction of sp³-hybridized carbons (Fsp3) is 0.833. The first-order valence-electron chi connectivity index (χ1n) is 8.73. The summed E-state index contributed by atoms with van der Waals surface area (Å²) in [5.41, 5.74) is 3.06. The second kappa shape index (κ2) is 6.95. The Morgan fingerprint density at radius 1 is 1.43 bits per heavy atom. The van der Waals surface area contributed by atoms with E-state index in [2.05, 4.69) is 55.9 Å². The third-order valence-corrected chi connectivity index (χ3v) is 5.30. The standard InChI is InChI=1S/C18H33N3/c1-6-11-19-17(16-9-8-10-18(16,3)4)13-15-12-14(7-2)20-21(15)5/h12,16-17,19H,6-11,13H2,1-5H3. The summed E-state index contributed by atoms with van der Waals surface area (Å²) in [6, 6.07) is 2.88. The number of nitrogens with zero attached hydrogens (tertiary/aromatic N) is 2. The summed E-state index contributed by atoms with van der Waals surface area (Å²) in [6.07, 6.45) is 7.46. The van der Waals surface area contributed by atoms with Crippen molar-refractivity contribution in [2.75, 3.05) is 6.54 Å². The van der Waals surface area contributed by atoms with Gasteiger partial charge in [-0.1, -0.05) is 34.1 Å². The van der Waals surface area contributed by atoms with Crippen LogP contribution < -0.4 is 5.32 Å². The van der Waals surface area contributed by atoms with Crippen molar-refractivity contribution in [3.63, 3.8) is 0 Å². The minimum absolute atomic E-state index is 0.470. The first kappa shape index (κ1) is 16.5. The van der Waals surface area contributed by atoms with Gasteiger partial charge in [0.1, 0.15) is 0 Å². The average Bonchev–Trinajstić information content (AvgIpc) is 2.97. The molecule has 1 N–H and O–H groups in total. The molecule has 1 aromatic rings. The quantitative estimate of drug-likeness (QED) is 0.830. The van der Waals surface area contributed by atoms with Gasteiger partial charge < -0.3 is 5.32 Å². The van der Waals surface area contributed by atoms with Crippen LogP contribution in [0, 0.1) is 11.3 Å². The van der Waals surface area contributed by atoms with Crippen LogP contribution in [0.25, 0.3) is 0 Å². The lowest BCUT2D eigenvalue weighted by Gasteiger charge is -2.35. The van der Waals surface area contributed by atoms with Crippen LogP contribution in [0.5, 0.6) is 0 Å². The van der Waals surface area contributed by atoms with Crippen molar-refractivity contribution in [1.82, 2.24) is 15.1 Å². The van der Waals surface area contributed by atoms with Gasteiger partial charge >= 0.3 is 0 Å². The van der Waals surface area contributed by atoms with Gasteiger partial charge in [-0.3, -0.25) is 4.68 Å². The van der Waals surface area contributed by atoms with E-state index in [1.807, 2.05) is 0 Å². The molecule has 0 radical (unpaired) electrons. The second-order valence-electron chi connectivity index (χ2n) is 7.36. The highest BCUT2D eigenvalue weighted by atomic mass is 15.3. The maximum Gasteiger partial charge on any atom is 0.0624 e. The highest BCUT2D eigenvalue weighted by molar-refractivity contribution is 5.12. The van der Waals surface area contributed by atoms with Crippen LogP contribution in [0.3, 0.4) is 0 Å². The molecule has 1 aliphatic rings. The van der Waals surface area contributed by atoms with Crippen molar-refractivity contribution in [3.8, 4) is 0 Å². The molecule has 1 aromatic heterocycles. The molecular weight excluding hydrogens is 258 g/mol. The van der Waals surface area contributed by atoms with Crippen LogP contribution in [0.4, 0.5) is 0 Å². The van der Waals surface area contributed by atoms with Crippen LogP contribution in [0.2, 0.25) is 0 Å². The van der Waals surface area contributed by atoms with Crippen LogP contribution in [0.15, 0.2) is 6.07 Å². The number of nitrogens with one attached hydrogen (secondary N) is 1. The summed E-state index contributed by atoms with van der Waals surface area (Å²) in [5, 5.41) is 8.44. The highest BCUT2D eigenvalue weighted by Crippen LogP contribution is 2.44. The molecule has 1 aliphatic carbocycles. The Hall–Kier alpha value is -0.830. The molecule has 3 nitrogen and oxygen atoms in total. The normalized spacial score (nSPS) is 22.6. The van der Waals surface area contributed by atoms with E-state index in [1.54, 1.807) is 0 Å². The Bertz CT molecular complexity index is 447. The molecule has 0 bridgehead atoms. The largest absolute Gasteiger partial charge is 0.313 e. The first-order valence-corrected chi connectivity index (χ1v) is 8.73. The van der Waals surface area contributed by atoms with Crippen LogP contribution >= 0.6 is 0 Å². The van der Waals surface area contributed by atoms with Gasteiger partial charge in [0, 0.05) is 25.2 Å². The molecule has 0 aliphatic heterocycles. The van der Waals surface area contributed by atoms with Crippen LogP contribution in [0.1, 0.15) is 64.8 Å². The van der Waals surface area contributed by atoms with E-state index in [0.29, 0.717) is 11.5 Å². The summed E-state index contributed by atoms with van der Waals surface area (Å²) < 4.78 is 2.08. The van der Waals surface area contributed by atoms with E-state index in [4.69, 9.17) is 0 Å². The molecule has 1 saturated carbocycles. The molecule has 0 spiro atoms. The van der Waals surface area contributed by atoms with E-state index in [0.717, 1.165) is 25.3 Å². The van der Waals surface area contributed by atoms with Crippen molar-refractivity contribution >= 4 is 0 Å². The molecule has 1 fully saturated rings. The Labute approximate surface area is 130 Å². The van der Waals surface area contributed by atoms with Gasteiger partial charge in [0.05, 0.1) is 5.69 Å². The smallest absolute Gasteiger partial charge is 0.0624 e. The fourth-order valence-corrected chi connectivity index (χ4v) is 3.95. The summed E-state index contributed by atoms with van der Waals surface area (Å²) in [4.78, 5) is 0. The zero-order valence-corrected chi connectivity index (χ0v) is 14.6. The Kier molecular flexibility index (Phi) is 5.48. The lowest BCUT2D eigenvalue weighted by Crippen LogP contribution is -2.43. The number of hydrogen-bond donors (Lipinski definition) is 1. The molecule has 3 heteroatoms. The summed E-state index contributed by atoms with van der Waals surface area (Å²) in [6.45, 7) is 10.5. The molecule has 0 saturated heterocycles. The number of rotatable bonds is 7. The molecule has 2 unspecified atom stereocenters. The minimum atomic E-state index is 0.470. The zero-order chi connectivity index (χ0) is 15.5. The molecule has 0 aromatic carbocycles. The topological polar surface area (TPSA) is 29.9 Å². The van der Waals surface area contributed by atoms with E-state index >= 15 is 0 Å². The molecule has 2 rings (SSSR count). The third-order valence-electron chi connectivity index (χ3n) is 5.30. The maximum atomic E-state index is 4.61. The Morgan fingerprint density at radius 2 is 2.19 bits per heavy atom. The molecule has 2 atom stereocenters. The second-order valence-corrected chi connectivity index (χ2v) is 7.36. The number of aryl methyl sites for hydroxylation is 2. The Balaban J connectivity index is 2.14. The van der Waals surface area contributed by atoms with Crippen molar-refractivity contribution < 1.29 is 0 Å². The summed E-state index contributed by atoms with van der Waals surface area (Å²) >= 11 is 0. The van der Waals surface area contributed by atoms with Gasteiger partial charge in [0.15, 0.2) is 0 Å². The summed E-state index contributed by atoms with van der Waals surface area (Å²) in [5.74, 6) is 0.782. The molecule has 1 heterocycles. The fourth-order valence-electron chi connectivity index (χ4n) is 3.95. The van der Waals surface area contributed by atoms with Crippen molar-refractivity contribution in [2.24, 2.45) is 18.4 Å². The minimum Gasteiger partial charge on any atom is -0.313 e. The molecule has 120 valence electrons. The van der Waals surface area contributed by atoms with Gasteiger partial charge in [-0.25, -0.2) is 0 Å². The van der Waals surface area contributed by atoms with Gasteiger partial charge in [0.25, 0.3) is 0 Å². The first-order chi connectivity index (χ1) is 9.97. The highest BCUT2D eigenvalue weighted by Gasteiger charge is 2.39. The van der Waals surface area contributed by atoms with Gasteiger partial charge in [0.2, 0.25) is 0 Å². The van der Waals surface area contributed by atoms with Gasteiger partial charge in [-0.2, -0.15) is 5.10 Å². The van der Waals surface area contributed by atoms with Crippen molar-refractivity contribution in [1.29, 1.82) is 0 Å². The zero-order valence-electron chi connectivity index (χ0n) is 14.6. The van der Waals surface area contributed by atoms with Gasteiger partial charge in [-0.05, 0) is 49.6 Å². The third kappa shape index (κ3) is 3.88. The predicted octanol–water partition coefficient (Wildman–Crippen LogP) is 3.72. The molecule has 21 heavy (non-hydrogen) atoms. The average molecular weight is 291 g/mol. The van der Waals surface area contributed by atoms with E-state index in [-0.39, 0.29) is 0 Å². The molecule has 0 amide bonds. The lowest BCUT2D eigenvalue weighted by molar-refractivity contribution is 0.194. The predicted molar refractivity (Wildman–Crippen MR) is 89.5 cm³/mol. The van der Waals surface area contributed by atoms with Crippen LogP contribution in [-0.2, 0) is 19.9 Å². The van der Waals surface area contributed by atoms with Crippen LogP contribution in [-0.4, -0.2) is 22.4 Å². The Morgan fingerprint density at radius 3 is 2.71 bits per heavy atom. The monoisotopic (exact) mass is 291 g/mol. The number of aromatic nitrogens is 2. The lowest BCUT2D eigenvalue weighted by atomic mass is 9.76. The summed E-state index contributed by atoms with van der Waals surface area (Å²) in [7, 11) is 2.09. The van der Waals surface area contributed by atoms with Gasteiger partial charge in [-0.15, -0.1) is 0 Å². The van der Waals surface area contributed by atoms with E-state index < -0.39 is 0 Å². The van der Waals surface area contributed by atoms with Crippen molar-refractivity contribution in [2.45, 2.75) is 72.3 Å². The van der Waals surface area contributed by atoms with Crippen molar-refractivity contribution in [3.05, 3.63) is 17.5 Å². The number of hydrogen-bond acceptors (Lipinski definition) is 2. The van der Waals surface area contributed by atoms with E-state index in [9.17, 15) is 0 Å². The maximum absolute atomic E-state index is 4.61. The SMILES string of the molecule is CCCNC(Cc1cc(CC)nn1C)C1CCCC1(C)C. The van der Waals surface area contributed by atoms with E-state index in [1.165, 1.54) is 37.1 Å².